The summed E-state index contributed by atoms with van der Waals surface area (Å²) in [5, 5.41) is 27.4. The van der Waals surface area contributed by atoms with Crippen molar-refractivity contribution in [2.75, 3.05) is 0 Å². The van der Waals surface area contributed by atoms with E-state index in [0.717, 1.165) is 23.1 Å². The molecule has 0 aromatic heterocycles. The van der Waals surface area contributed by atoms with Gasteiger partial charge < -0.3 is 20.1 Å². The number of phenols is 3. The van der Waals surface area contributed by atoms with Gasteiger partial charge in [-0.25, -0.2) is 0 Å². The molecule has 0 amide bonds. The Morgan fingerprint density at radius 2 is 0.800 bits per heavy atom. The first-order valence-electron chi connectivity index (χ1n) is 14.6. The zero-order valence-electron chi connectivity index (χ0n) is 24.9. The highest BCUT2D eigenvalue weighted by Crippen LogP contribution is 2.21. The van der Waals surface area contributed by atoms with Crippen molar-refractivity contribution in [3.8, 4) is 28.4 Å². The molecule has 0 atom stereocenters. The zero-order valence-corrected chi connectivity index (χ0v) is 24.9. The molecule has 0 aliphatic carbocycles. The fourth-order valence-corrected chi connectivity index (χ4v) is 4.30. The maximum Gasteiger partial charge on any atom is 0.310 e. The summed E-state index contributed by atoms with van der Waals surface area (Å²) >= 11 is 0. The van der Waals surface area contributed by atoms with Gasteiger partial charge in [0.2, 0.25) is 0 Å². The molecule has 0 unspecified atom stereocenters. The molecule has 0 fully saturated rings. The predicted molar refractivity (Wildman–Crippen MR) is 179 cm³/mol. The second-order valence-corrected chi connectivity index (χ2v) is 10.2. The molecule has 3 N–H and O–H groups in total. The van der Waals surface area contributed by atoms with Crippen LogP contribution in [0.15, 0.2) is 164 Å². The molecule has 6 aromatic carbocycles. The van der Waals surface area contributed by atoms with Crippen LogP contribution in [0.5, 0.6) is 17.2 Å². The van der Waals surface area contributed by atoms with Gasteiger partial charge in [0.1, 0.15) is 23.9 Å². The Hall–Kier alpha value is -5.81. The molecular formula is C40H36O5. The lowest BCUT2D eigenvalue weighted by molar-refractivity contribution is -0.144. The van der Waals surface area contributed by atoms with Gasteiger partial charge in [-0.05, 0) is 76.2 Å². The van der Waals surface area contributed by atoms with Crippen LogP contribution in [0.25, 0.3) is 11.1 Å². The van der Waals surface area contributed by atoms with Crippen LogP contribution in [0.2, 0.25) is 0 Å². The Morgan fingerprint density at radius 3 is 1.31 bits per heavy atom. The van der Waals surface area contributed by atoms with Gasteiger partial charge in [-0.15, -0.1) is 0 Å². The van der Waals surface area contributed by atoms with Crippen molar-refractivity contribution in [1.29, 1.82) is 0 Å². The van der Waals surface area contributed by atoms with Crippen molar-refractivity contribution >= 4 is 5.97 Å². The van der Waals surface area contributed by atoms with Crippen molar-refractivity contribution in [2.45, 2.75) is 19.4 Å². The Morgan fingerprint density at radius 1 is 0.422 bits per heavy atom. The average molecular weight is 597 g/mol. The number of esters is 1. The molecule has 0 bridgehead atoms. The summed E-state index contributed by atoms with van der Waals surface area (Å²) < 4.78 is 5.16. The highest BCUT2D eigenvalue weighted by Gasteiger charge is 2.05. The Kier molecular flexibility index (Phi) is 12.4. The minimum atomic E-state index is -0.274. The minimum Gasteiger partial charge on any atom is -0.508 e. The molecule has 0 aliphatic heterocycles. The number of carbonyl (C=O) groups excluding carboxylic acids is 1. The molecule has 6 aromatic rings. The van der Waals surface area contributed by atoms with Crippen molar-refractivity contribution in [3.05, 3.63) is 186 Å². The van der Waals surface area contributed by atoms with E-state index in [9.17, 15) is 4.79 Å². The summed E-state index contributed by atoms with van der Waals surface area (Å²) in [6.07, 6.45) is 1.13. The lowest BCUT2D eigenvalue weighted by Crippen LogP contribution is -2.07. The number of ether oxygens (including phenoxy) is 1. The fraction of sp³-hybridized carbons (Fsp3) is 0.0750. The number of hydrogen-bond acceptors (Lipinski definition) is 5. The van der Waals surface area contributed by atoms with Gasteiger partial charge in [0, 0.05) is 0 Å². The van der Waals surface area contributed by atoms with Gasteiger partial charge in [0.05, 0.1) is 6.42 Å². The molecule has 0 saturated heterocycles. The van der Waals surface area contributed by atoms with Crippen molar-refractivity contribution < 1.29 is 24.9 Å². The monoisotopic (exact) mass is 596 g/mol. The topological polar surface area (TPSA) is 87.0 Å². The molecule has 45 heavy (non-hydrogen) atoms. The first kappa shape index (κ1) is 32.1. The molecule has 0 saturated carbocycles. The first-order chi connectivity index (χ1) is 21.9. The van der Waals surface area contributed by atoms with E-state index >= 15 is 0 Å². The summed E-state index contributed by atoms with van der Waals surface area (Å²) in [5.41, 5.74) is 6.59. The van der Waals surface area contributed by atoms with Crippen LogP contribution in [-0.4, -0.2) is 21.3 Å². The van der Waals surface area contributed by atoms with Gasteiger partial charge in [0.25, 0.3) is 0 Å². The van der Waals surface area contributed by atoms with Crippen molar-refractivity contribution in [2.24, 2.45) is 0 Å². The summed E-state index contributed by atoms with van der Waals surface area (Å²) in [6.45, 7) is 0.289. The van der Waals surface area contributed by atoms with Crippen molar-refractivity contribution in [3.63, 3.8) is 0 Å². The van der Waals surface area contributed by atoms with E-state index in [1.165, 1.54) is 16.7 Å². The number of phenolic OH excluding ortho intramolecular Hbond substituents is 3. The Labute approximate surface area is 264 Å². The van der Waals surface area contributed by atoms with Gasteiger partial charge in [0.15, 0.2) is 0 Å². The molecule has 226 valence electrons. The third-order valence-corrected chi connectivity index (χ3v) is 6.69. The van der Waals surface area contributed by atoms with E-state index in [1.807, 2.05) is 103 Å². The van der Waals surface area contributed by atoms with Gasteiger partial charge in [-0.1, -0.05) is 127 Å². The highest BCUT2D eigenvalue weighted by molar-refractivity contribution is 5.72. The molecule has 0 spiro atoms. The predicted octanol–water partition coefficient (Wildman–Crippen LogP) is 8.72. The van der Waals surface area contributed by atoms with E-state index in [1.54, 1.807) is 48.5 Å². The smallest absolute Gasteiger partial charge is 0.310 e. The Bertz CT molecular complexity index is 1680. The van der Waals surface area contributed by atoms with E-state index in [-0.39, 0.29) is 24.7 Å². The first-order valence-corrected chi connectivity index (χ1v) is 14.6. The fourth-order valence-electron chi connectivity index (χ4n) is 4.30. The lowest BCUT2D eigenvalue weighted by atomic mass is 10.1. The van der Waals surface area contributed by atoms with E-state index in [0.29, 0.717) is 11.5 Å². The normalized spacial score (nSPS) is 9.96. The van der Waals surface area contributed by atoms with Crippen LogP contribution in [0.1, 0.15) is 22.3 Å². The maximum absolute atomic E-state index is 11.6. The van der Waals surface area contributed by atoms with E-state index < -0.39 is 0 Å². The number of hydrogen-bond donors (Lipinski definition) is 3. The Balaban J connectivity index is 0.000000156. The number of rotatable bonds is 7. The molecule has 6 rings (SSSR count). The lowest BCUT2D eigenvalue weighted by Gasteiger charge is -2.05. The number of aromatic hydroxyl groups is 3. The molecule has 0 aliphatic rings. The standard InChI is InChI=1S/C15H14O3.C13H12O.C12H10O/c16-14-8-6-12(7-9-14)10-15(17)18-11-13-4-2-1-3-5-13;14-13-8-6-12(7-9-13)10-11-4-2-1-3-5-11;13-12-8-6-11(7-9-12)10-4-2-1-3-5-10/h1-9,16H,10-11H2;1-9,14H,10H2;1-9,13H. The zero-order chi connectivity index (χ0) is 31.7. The van der Waals surface area contributed by atoms with Crippen LogP contribution < -0.4 is 0 Å². The minimum absolute atomic E-state index is 0.191. The molecule has 5 nitrogen and oxygen atoms in total. The molecular weight excluding hydrogens is 560 g/mol. The van der Waals surface area contributed by atoms with Crippen LogP contribution in [0.4, 0.5) is 0 Å². The maximum atomic E-state index is 11.6. The summed E-state index contributed by atoms with van der Waals surface area (Å²) in [6, 6.07) is 51.0. The SMILES string of the molecule is O=C(Cc1ccc(O)cc1)OCc1ccccc1.Oc1ccc(-c2ccccc2)cc1.Oc1ccc(Cc2ccccc2)cc1. The van der Waals surface area contributed by atoms with Gasteiger partial charge in [-0.3, -0.25) is 4.79 Å². The average Bonchev–Trinajstić information content (AvgIpc) is 3.08. The van der Waals surface area contributed by atoms with Gasteiger partial charge >= 0.3 is 5.97 Å². The van der Waals surface area contributed by atoms with Crippen LogP contribution >= 0.6 is 0 Å². The summed E-state index contributed by atoms with van der Waals surface area (Å²) in [7, 11) is 0. The second kappa shape index (κ2) is 17.3. The van der Waals surface area contributed by atoms with E-state index in [2.05, 4.69) is 12.1 Å². The molecule has 0 radical (unpaired) electrons. The van der Waals surface area contributed by atoms with Crippen molar-refractivity contribution in [1.82, 2.24) is 0 Å². The van der Waals surface area contributed by atoms with Crippen LogP contribution in [0, 0.1) is 0 Å². The summed E-state index contributed by atoms with van der Waals surface area (Å²) in [5.74, 6) is 0.544. The third kappa shape index (κ3) is 11.8. The second-order valence-electron chi connectivity index (χ2n) is 10.2. The van der Waals surface area contributed by atoms with Gasteiger partial charge in [-0.2, -0.15) is 0 Å². The van der Waals surface area contributed by atoms with E-state index in [4.69, 9.17) is 20.1 Å². The molecule has 0 heterocycles. The quantitative estimate of drug-likeness (QED) is 0.161. The van der Waals surface area contributed by atoms with Crippen LogP contribution in [-0.2, 0) is 29.0 Å². The summed E-state index contributed by atoms with van der Waals surface area (Å²) in [4.78, 5) is 11.6. The third-order valence-electron chi connectivity index (χ3n) is 6.69. The van der Waals surface area contributed by atoms with Crippen LogP contribution in [0.3, 0.4) is 0 Å². The highest BCUT2D eigenvalue weighted by atomic mass is 16.5. The number of benzene rings is 6. The number of carbonyl (C=O) groups is 1. The largest absolute Gasteiger partial charge is 0.508 e. The molecule has 5 heteroatoms.